The molecule has 22 heavy (non-hydrogen) atoms. The van der Waals surface area contributed by atoms with Gasteiger partial charge in [0.15, 0.2) is 0 Å². The van der Waals surface area contributed by atoms with E-state index in [9.17, 15) is 5.11 Å². The van der Waals surface area contributed by atoms with Crippen LogP contribution in [0.2, 0.25) is 0 Å². The number of hydrogen-bond acceptors (Lipinski definition) is 4. The predicted octanol–water partition coefficient (Wildman–Crippen LogP) is 2.81. The lowest BCUT2D eigenvalue weighted by atomic mass is 10.0. The molecule has 1 unspecified atom stereocenters. The van der Waals surface area contributed by atoms with Crippen molar-refractivity contribution >= 4 is 16.7 Å². The molecular formula is C17H17N3O2. The zero-order valence-electron chi connectivity index (χ0n) is 12.2. The highest BCUT2D eigenvalue weighted by Crippen LogP contribution is 2.39. The van der Waals surface area contributed by atoms with Gasteiger partial charge in [-0.1, -0.05) is 30.3 Å². The van der Waals surface area contributed by atoms with Gasteiger partial charge in [-0.3, -0.25) is 0 Å². The van der Waals surface area contributed by atoms with Crippen molar-refractivity contribution in [2.24, 2.45) is 0 Å². The van der Waals surface area contributed by atoms with Gasteiger partial charge >= 0.3 is 0 Å². The Bertz CT molecular complexity index is 787. The summed E-state index contributed by atoms with van der Waals surface area (Å²) >= 11 is 0. The molecule has 0 aliphatic carbocycles. The van der Waals surface area contributed by atoms with Gasteiger partial charge in [-0.25, -0.2) is 4.98 Å². The SMILES string of the molecule is C[C@@H]1OC(O)N(c2ccc3nc[nH]c3c2)[C@H]1c1ccccc1. The van der Waals surface area contributed by atoms with Gasteiger partial charge in [-0.05, 0) is 30.7 Å². The number of nitrogens with zero attached hydrogens (tertiary/aromatic N) is 2. The summed E-state index contributed by atoms with van der Waals surface area (Å²) in [6.45, 7) is 1.98. The molecule has 1 aliphatic heterocycles. The lowest BCUT2D eigenvalue weighted by molar-refractivity contribution is -0.0843. The van der Waals surface area contributed by atoms with Crippen LogP contribution < -0.4 is 4.90 Å². The largest absolute Gasteiger partial charge is 0.351 e. The van der Waals surface area contributed by atoms with Crippen molar-refractivity contribution in [3.63, 3.8) is 0 Å². The highest BCUT2D eigenvalue weighted by Gasteiger charge is 2.40. The van der Waals surface area contributed by atoms with Crippen LogP contribution in [0.5, 0.6) is 0 Å². The molecule has 1 aliphatic rings. The third-order valence-corrected chi connectivity index (χ3v) is 4.16. The first-order valence-corrected chi connectivity index (χ1v) is 7.34. The molecule has 2 aromatic carbocycles. The van der Waals surface area contributed by atoms with Crippen LogP contribution in [0.15, 0.2) is 54.9 Å². The average Bonchev–Trinajstić information content (AvgIpc) is 3.11. The zero-order chi connectivity index (χ0) is 15.1. The summed E-state index contributed by atoms with van der Waals surface area (Å²) < 4.78 is 5.64. The number of nitrogens with one attached hydrogen (secondary N) is 1. The number of rotatable bonds is 2. The predicted molar refractivity (Wildman–Crippen MR) is 84.3 cm³/mol. The number of aliphatic hydroxyl groups excluding tert-OH is 1. The number of ether oxygens (including phenoxy) is 1. The number of hydrogen-bond donors (Lipinski definition) is 2. The Balaban J connectivity index is 1.79. The van der Waals surface area contributed by atoms with E-state index in [4.69, 9.17) is 4.74 Å². The maximum Gasteiger partial charge on any atom is 0.238 e. The summed E-state index contributed by atoms with van der Waals surface area (Å²) in [5.74, 6) is 0. The molecule has 112 valence electrons. The Morgan fingerprint density at radius 3 is 2.82 bits per heavy atom. The second kappa shape index (κ2) is 5.12. The van der Waals surface area contributed by atoms with Crippen LogP contribution in [0.1, 0.15) is 18.5 Å². The number of aromatic nitrogens is 2. The summed E-state index contributed by atoms with van der Waals surface area (Å²) in [5, 5.41) is 10.3. The Hall–Kier alpha value is -2.37. The number of benzene rings is 2. The molecule has 0 spiro atoms. The molecule has 4 rings (SSSR count). The molecule has 0 amide bonds. The molecule has 2 heterocycles. The number of aliphatic hydroxyl groups is 1. The molecule has 5 nitrogen and oxygen atoms in total. The summed E-state index contributed by atoms with van der Waals surface area (Å²) in [4.78, 5) is 9.24. The Labute approximate surface area is 128 Å². The molecule has 3 aromatic rings. The van der Waals surface area contributed by atoms with Gasteiger partial charge in [0.1, 0.15) is 0 Å². The van der Waals surface area contributed by atoms with Crippen LogP contribution in [-0.2, 0) is 4.74 Å². The number of imidazole rings is 1. The van der Waals surface area contributed by atoms with Crippen LogP contribution in [0.25, 0.3) is 11.0 Å². The molecule has 1 saturated heterocycles. The van der Waals surface area contributed by atoms with Crippen molar-refractivity contribution in [1.82, 2.24) is 9.97 Å². The Morgan fingerprint density at radius 2 is 2.00 bits per heavy atom. The molecule has 0 bridgehead atoms. The van der Waals surface area contributed by atoms with E-state index in [0.29, 0.717) is 0 Å². The molecular weight excluding hydrogens is 278 g/mol. The molecule has 5 heteroatoms. The fraction of sp³-hybridized carbons (Fsp3) is 0.235. The first-order chi connectivity index (χ1) is 10.7. The fourth-order valence-corrected chi connectivity index (χ4v) is 3.15. The van der Waals surface area contributed by atoms with Crippen molar-refractivity contribution < 1.29 is 9.84 Å². The molecule has 1 aromatic heterocycles. The quantitative estimate of drug-likeness (QED) is 0.763. The summed E-state index contributed by atoms with van der Waals surface area (Å²) in [7, 11) is 0. The second-order valence-electron chi connectivity index (χ2n) is 5.53. The Morgan fingerprint density at radius 1 is 1.18 bits per heavy atom. The maximum absolute atomic E-state index is 10.3. The molecule has 2 N–H and O–H groups in total. The van der Waals surface area contributed by atoms with Crippen LogP contribution in [-0.4, -0.2) is 27.6 Å². The van der Waals surface area contributed by atoms with E-state index >= 15 is 0 Å². The van der Waals surface area contributed by atoms with E-state index in [2.05, 4.69) is 22.1 Å². The lowest BCUT2D eigenvalue weighted by Crippen LogP contribution is -2.32. The smallest absolute Gasteiger partial charge is 0.238 e. The van der Waals surface area contributed by atoms with Crippen molar-refractivity contribution in [3.05, 3.63) is 60.4 Å². The standard InChI is InChI=1S/C17H17N3O2/c1-11-16(12-5-3-2-4-6-12)20(17(21)22-11)13-7-8-14-15(9-13)19-10-18-14/h2-11,16-17,21H,1H3,(H,18,19)/t11-,16+,17?/m0/s1. The molecule has 1 fully saturated rings. The van der Waals surface area contributed by atoms with Gasteiger partial charge in [-0.15, -0.1) is 0 Å². The minimum absolute atomic E-state index is 0.0310. The first kappa shape index (κ1) is 13.3. The number of fused-ring (bicyclic) bond motifs is 1. The van der Waals surface area contributed by atoms with E-state index in [-0.39, 0.29) is 12.1 Å². The number of H-pyrrole nitrogens is 1. The van der Waals surface area contributed by atoms with E-state index in [1.807, 2.05) is 48.2 Å². The monoisotopic (exact) mass is 295 g/mol. The van der Waals surface area contributed by atoms with Crippen LogP contribution in [0, 0.1) is 0 Å². The van der Waals surface area contributed by atoms with Crippen LogP contribution in [0.4, 0.5) is 5.69 Å². The van der Waals surface area contributed by atoms with E-state index in [0.717, 1.165) is 22.3 Å². The lowest BCUT2D eigenvalue weighted by Gasteiger charge is -2.28. The summed E-state index contributed by atoms with van der Waals surface area (Å²) in [6, 6.07) is 16.0. The van der Waals surface area contributed by atoms with Gasteiger partial charge in [0.25, 0.3) is 0 Å². The first-order valence-electron chi connectivity index (χ1n) is 7.34. The third kappa shape index (κ3) is 2.06. The van der Waals surface area contributed by atoms with Gasteiger partial charge < -0.3 is 19.7 Å². The van der Waals surface area contributed by atoms with E-state index in [1.165, 1.54) is 0 Å². The Kier molecular flexibility index (Phi) is 3.10. The van der Waals surface area contributed by atoms with Gasteiger partial charge in [0.05, 0.1) is 29.5 Å². The maximum atomic E-state index is 10.3. The average molecular weight is 295 g/mol. The minimum atomic E-state index is -0.958. The highest BCUT2D eigenvalue weighted by molar-refractivity contribution is 5.79. The highest BCUT2D eigenvalue weighted by atomic mass is 16.6. The zero-order valence-corrected chi connectivity index (χ0v) is 12.2. The fourth-order valence-electron chi connectivity index (χ4n) is 3.15. The molecule has 0 radical (unpaired) electrons. The molecule has 3 atom stereocenters. The van der Waals surface area contributed by atoms with Crippen molar-refractivity contribution in [2.45, 2.75) is 25.5 Å². The van der Waals surface area contributed by atoms with Crippen LogP contribution >= 0.6 is 0 Å². The van der Waals surface area contributed by atoms with Crippen LogP contribution in [0.3, 0.4) is 0 Å². The van der Waals surface area contributed by atoms with E-state index < -0.39 is 6.41 Å². The topological polar surface area (TPSA) is 61.4 Å². The minimum Gasteiger partial charge on any atom is -0.351 e. The van der Waals surface area contributed by atoms with Crippen molar-refractivity contribution in [2.75, 3.05) is 4.90 Å². The summed E-state index contributed by atoms with van der Waals surface area (Å²) in [5.41, 5.74) is 3.87. The van der Waals surface area contributed by atoms with Gasteiger partial charge in [-0.2, -0.15) is 0 Å². The number of anilines is 1. The second-order valence-corrected chi connectivity index (χ2v) is 5.53. The normalized spacial score (nSPS) is 25.0. The summed E-state index contributed by atoms with van der Waals surface area (Å²) in [6.07, 6.45) is 0.610. The van der Waals surface area contributed by atoms with Gasteiger partial charge in [0.2, 0.25) is 6.41 Å². The number of aromatic amines is 1. The van der Waals surface area contributed by atoms with Gasteiger partial charge in [0, 0.05) is 5.69 Å². The van der Waals surface area contributed by atoms with Crippen molar-refractivity contribution in [1.29, 1.82) is 0 Å². The third-order valence-electron chi connectivity index (χ3n) is 4.16. The molecule has 0 saturated carbocycles. The van der Waals surface area contributed by atoms with Crippen molar-refractivity contribution in [3.8, 4) is 0 Å². The van der Waals surface area contributed by atoms with E-state index in [1.54, 1.807) is 6.33 Å².